The molecule has 0 aliphatic rings. The zero-order valence-corrected chi connectivity index (χ0v) is 14.0. The van der Waals surface area contributed by atoms with E-state index in [2.05, 4.69) is 14.6 Å². The van der Waals surface area contributed by atoms with Gasteiger partial charge in [0.15, 0.2) is 0 Å². The molecular formula is C18H14F3N3O3. The Labute approximate surface area is 151 Å². The van der Waals surface area contributed by atoms with Crippen LogP contribution in [0.25, 0.3) is 16.9 Å². The summed E-state index contributed by atoms with van der Waals surface area (Å²) in [5, 5.41) is 4.36. The lowest BCUT2D eigenvalue weighted by Crippen LogP contribution is -2.17. The number of carbonyl (C=O) groups excluding carboxylic acids is 1. The van der Waals surface area contributed by atoms with Crippen molar-refractivity contribution in [3.8, 4) is 22.7 Å². The van der Waals surface area contributed by atoms with Crippen LogP contribution < -0.4 is 10.5 Å². The normalized spacial score (nSPS) is 11.3. The van der Waals surface area contributed by atoms with Crippen LogP contribution in [0.15, 0.2) is 54.6 Å². The standard InChI is InChI=1S/C18H14F3N3O3/c1-26-17(25)12-4-2-11(3-5-12)15-10-16(22)24(23-15)13-6-8-14(9-7-13)27-18(19,20)21/h2-10H,22H2,1H3. The van der Waals surface area contributed by atoms with Crippen LogP contribution in [-0.4, -0.2) is 29.2 Å². The van der Waals surface area contributed by atoms with Gasteiger partial charge in [0.1, 0.15) is 11.6 Å². The number of nitrogen functional groups attached to an aromatic ring is 1. The molecule has 2 aromatic carbocycles. The molecule has 9 heteroatoms. The quantitative estimate of drug-likeness (QED) is 0.700. The zero-order chi connectivity index (χ0) is 19.6. The highest BCUT2D eigenvalue weighted by molar-refractivity contribution is 5.89. The molecular weight excluding hydrogens is 363 g/mol. The van der Waals surface area contributed by atoms with Crippen molar-refractivity contribution in [2.24, 2.45) is 0 Å². The van der Waals surface area contributed by atoms with Gasteiger partial charge in [-0.2, -0.15) is 5.10 Å². The van der Waals surface area contributed by atoms with Crippen LogP contribution in [0, 0.1) is 0 Å². The Morgan fingerprint density at radius 1 is 1.07 bits per heavy atom. The number of hydrogen-bond donors (Lipinski definition) is 1. The summed E-state index contributed by atoms with van der Waals surface area (Å²) in [6.07, 6.45) is -4.75. The first kappa shape index (κ1) is 18.3. The van der Waals surface area contributed by atoms with Crippen LogP contribution in [0.5, 0.6) is 5.75 Å². The largest absolute Gasteiger partial charge is 0.573 e. The molecule has 0 atom stereocenters. The second-order valence-corrected chi connectivity index (χ2v) is 5.48. The third-order valence-electron chi connectivity index (χ3n) is 3.65. The predicted octanol–water partition coefficient (Wildman–Crippen LogP) is 3.81. The lowest BCUT2D eigenvalue weighted by atomic mass is 10.1. The average molecular weight is 377 g/mol. The number of nitrogens with two attached hydrogens (primary N) is 1. The van der Waals surface area contributed by atoms with Gasteiger partial charge in [0.25, 0.3) is 0 Å². The topological polar surface area (TPSA) is 79.4 Å². The Balaban J connectivity index is 1.85. The van der Waals surface area contributed by atoms with E-state index in [9.17, 15) is 18.0 Å². The zero-order valence-electron chi connectivity index (χ0n) is 14.0. The maximum atomic E-state index is 12.2. The maximum Gasteiger partial charge on any atom is 0.573 e. The maximum absolute atomic E-state index is 12.2. The molecule has 6 nitrogen and oxygen atoms in total. The Morgan fingerprint density at radius 3 is 2.26 bits per heavy atom. The molecule has 3 aromatic rings. The van der Waals surface area contributed by atoms with E-state index in [1.807, 2.05) is 0 Å². The van der Waals surface area contributed by atoms with E-state index >= 15 is 0 Å². The Morgan fingerprint density at radius 2 is 1.70 bits per heavy atom. The number of esters is 1. The van der Waals surface area contributed by atoms with Crippen LogP contribution in [-0.2, 0) is 4.74 Å². The molecule has 0 bridgehead atoms. The van der Waals surface area contributed by atoms with Crippen LogP contribution in [0.3, 0.4) is 0 Å². The SMILES string of the molecule is COC(=O)c1ccc(-c2cc(N)n(-c3ccc(OC(F)(F)F)cc3)n2)cc1. The summed E-state index contributed by atoms with van der Waals surface area (Å²) in [4.78, 5) is 11.5. The van der Waals surface area contributed by atoms with E-state index < -0.39 is 12.3 Å². The number of ether oxygens (including phenoxy) is 2. The summed E-state index contributed by atoms with van der Waals surface area (Å²) in [7, 11) is 1.30. The minimum absolute atomic E-state index is 0.298. The number of nitrogens with zero attached hydrogens (tertiary/aromatic N) is 2. The van der Waals surface area contributed by atoms with Gasteiger partial charge in [0.05, 0.1) is 24.1 Å². The number of methoxy groups -OCH3 is 1. The number of hydrogen-bond acceptors (Lipinski definition) is 5. The van der Waals surface area contributed by atoms with Gasteiger partial charge in [0.2, 0.25) is 0 Å². The molecule has 27 heavy (non-hydrogen) atoms. The number of alkyl halides is 3. The van der Waals surface area contributed by atoms with Crippen LogP contribution in [0.1, 0.15) is 10.4 Å². The van der Waals surface area contributed by atoms with Crippen molar-refractivity contribution >= 4 is 11.8 Å². The predicted molar refractivity (Wildman–Crippen MR) is 91.4 cm³/mol. The highest BCUT2D eigenvalue weighted by Crippen LogP contribution is 2.26. The molecule has 0 spiro atoms. The summed E-state index contributed by atoms with van der Waals surface area (Å²) < 4.78 is 46.6. The second kappa shape index (κ2) is 7.02. The van der Waals surface area contributed by atoms with Gasteiger partial charge < -0.3 is 15.2 Å². The van der Waals surface area contributed by atoms with Crippen molar-refractivity contribution in [2.45, 2.75) is 6.36 Å². The van der Waals surface area contributed by atoms with Crippen molar-refractivity contribution in [3.63, 3.8) is 0 Å². The molecule has 2 N–H and O–H groups in total. The fourth-order valence-electron chi connectivity index (χ4n) is 2.43. The first-order valence-electron chi connectivity index (χ1n) is 7.67. The first-order valence-corrected chi connectivity index (χ1v) is 7.67. The number of anilines is 1. The van der Waals surface area contributed by atoms with Gasteiger partial charge in [-0.3, -0.25) is 0 Å². The first-order chi connectivity index (χ1) is 12.8. The summed E-state index contributed by atoms with van der Waals surface area (Å²) >= 11 is 0. The fraction of sp³-hybridized carbons (Fsp3) is 0.111. The summed E-state index contributed by atoms with van der Waals surface area (Å²) in [5.74, 6) is -0.491. The monoisotopic (exact) mass is 377 g/mol. The summed E-state index contributed by atoms with van der Waals surface area (Å²) in [5.41, 5.74) is 8.09. The lowest BCUT2D eigenvalue weighted by molar-refractivity contribution is -0.274. The van der Waals surface area contributed by atoms with Crippen molar-refractivity contribution in [1.82, 2.24) is 9.78 Å². The average Bonchev–Trinajstić information content (AvgIpc) is 3.02. The van der Waals surface area contributed by atoms with Crippen LogP contribution in [0.2, 0.25) is 0 Å². The van der Waals surface area contributed by atoms with Crippen molar-refractivity contribution in [2.75, 3.05) is 12.8 Å². The van der Waals surface area contributed by atoms with Gasteiger partial charge in [-0.15, -0.1) is 13.2 Å². The van der Waals surface area contributed by atoms with E-state index in [0.29, 0.717) is 28.3 Å². The van der Waals surface area contributed by atoms with Crippen LogP contribution in [0.4, 0.5) is 19.0 Å². The third kappa shape index (κ3) is 4.20. The Hall–Kier alpha value is -3.49. The van der Waals surface area contributed by atoms with Crippen LogP contribution >= 0.6 is 0 Å². The van der Waals surface area contributed by atoms with Gasteiger partial charge in [-0.05, 0) is 36.4 Å². The van der Waals surface area contributed by atoms with Gasteiger partial charge >= 0.3 is 12.3 Å². The van der Waals surface area contributed by atoms with Gasteiger partial charge in [-0.25, -0.2) is 9.48 Å². The highest BCUT2D eigenvalue weighted by Gasteiger charge is 2.31. The molecule has 0 saturated carbocycles. The van der Waals surface area contributed by atoms with E-state index in [-0.39, 0.29) is 5.75 Å². The molecule has 1 heterocycles. The van der Waals surface area contributed by atoms with Crippen molar-refractivity contribution in [3.05, 3.63) is 60.2 Å². The molecule has 0 aliphatic carbocycles. The van der Waals surface area contributed by atoms with Crippen molar-refractivity contribution in [1.29, 1.82) is 0 Å². The lowest BCUT2D eigenvalue weighted by Gasteiger charge is -2.09. The minimum Gasteiger partial charge on any atom is -0.465 e. The molecule has 3 rings (SSSR count). The molecule has 0 saturated heterocycles. The molecule has 0 radical (unpaired) electrons. The summed E-state index contributed by atoms with van der Waals surface area (Å²) in [6.45, 7) is 0. The van der Waals surface area contributed by atoms with Gasteiger partial charge in [0, 0.05) is 11.6 Å². The molecule has 0 aliphatic heterocycles. The fourth-order valence-corrected chi connectivity index (χ4v) is 2.43. The van der Waals surface area contributed by atoms with Gasteiger partial charge in [-0.1, -0.05) is 12.1 Å². The summed E-state index contributed by atoms with van der Waals surface area (Å²) in [6, 6.07) is 13.4. The Bertz CT molecular complexity index is 949. The van der Waals surface area contributed by atoms with E-state index in [1.54, 1.807) is 30.3 Å². The molecule has 140 valence electrons. The number of aromatic nitrogens is 2. The smallest absolute Gasteiger partial charge is 0.465 e. The molecule has 0 unspecified atom stereocenters. The van der Waals surface area contributed by atoms with Crippen molar-refractivity contribution < 1.29 is 27.4 Å². The van der Waals surface area contributed by atoms with E-state index in [4.69, 9.17) is 5.73 Å². The number of halogens is 3. The number of benzene rings is 2. The van der Waals surface area contributed by atoms with E-state index in [1.165, 1.54) is 36.1 Å². The minimum atomic E-state index is -4.75. The Kier molecular flexibility index (Phi) is 4.76. The molecule has 0 fully saturated rings. The highest BCUT2D eigenvalue weighted by atomic mass is 19.4. The molecule has 0 amide bonds. The second-order valence-electron chi connectivity index (χ2n) is 5.48. The number of rotatable bonds is 4. The number of carbonyl (C=O) groups is 1. The molecule has 1 aromatic heterocycles. The van der Waals surface area contributed by atoms with E-state index in [0.717, 1.165) is 0 Å². The third-order valence-corrected chi connectivity index (χ3v) is 3.65.